The lowest BCUT2D eigenvalue weighted by atomic mass is 10.1. The quantitative estimate of drug-likeness (QED) is 0.788. The van der Waals surface area contributed by atoms with Gasteiger partial charge in [0.15, 0.2) is 0 Å². The molecule has 5 nitrogen and oxygen atoms in total. The number of aliphatic hydroxyl groups excluding tert-OH is 1. The summed E-state index contributed by atoms with van der Waals surface area (Å²) < 4.78 is 10.8. The highest BCUT2D eigenvalue weighted by Gasteiger charge is 2.23. The van der Waals surface area contributed by atoms with Gasteiger partial charge in [-0.05, 0) is 38.5 Å². The van der Waals surface area contributed by atoms with E-state index in [-0.39, 0.29) is 6.10 Å². The van der Waals surface area contributed by atoms with Crippen molar-refractivity contribution in [3.63, 3.8) is 0 Å². The highest BCUT2D eigenvalue weighted by molar-refractivity contribution is 5.30. The lowest BCUT2D eigenvalue weighted by molar-refractivity contribution is -0.0164. The summed E-state index contributed by atoms with van der Waals surface area (Å²) in [6.45, 7) is 11.3. The molecule has 1 aromatic rings. The lowest BCUT2D eigenvalue weighted by Gasteiger charge is -2.39. The van der Waals surface area contributed by atoms with Gasteiger partial charge in [-0.1, -0.05) is 12.1 Å². The van der Waals surface area contributed by atoms with Gasteiger partial charge in [0, 0.05) is 38.8 Å². The molecule has 1 aliphatic heterocycles. The average Bonchev–Trinajstić information content (AvgIpc) is 2.60. The highest BCUT2D eigenvalue weighted by atomic mass is 16.5. The van der Waals surface area contributed by atoms with Crippen molar-refractivity contribution in [2.24, 2.45) is 0 Å². The first-order valence-electron chi connectivity index (χ1n) is 8.89. The van der Waals surface area contributed by atoms with E-state index in [4.69, 9.17) is 9.47 Å². The van der Waals surface area contributed by atoms with Gasteiger partial charge in [0.2, 0.25) is 0 Å². The van der Waals surface area contributed by atoms with Gasteiger partial charge in [-0.3, -0.25) is 9.80 Å². The summed E-state index contributed by atoms with van der Waals surface area (Å²) in [5, 5.41) is 10.1. The third kappa shape index (κ3) is 5.74. The Morgan fingerprint density at radius 1 is 1.12 bits per heavy atom. The van der Waals surface area contributed by atoms with Crippen molar-refractivity contribution in [1.82, 2.24) is 9.80 Å². The predicted octanol–water partition coefficient (Wildman–Crippen LogP) is 2.16. The number of hydrogen-bond donors (Lipinski definition) is 1. The molecule has 0 aliphatic carbocycles. The maximum absolute atomic E-state index is 10.1. The van der Waals surface area contributed by atoms with E-state index in [1.165, 1.54) is 5.56 Å². The van der Waals surface area contributed by atoms with Crippen LogP contribution in [0.3, 0.4) is 0 Å². The SMILES string of the molecule is COc1cccc(C(C)N2CCN(CC(O)COC(C)C)CC2)c1. The Morgan fingerprint density at radius 2 is 1.83 bits per heavy atom. The van der Waals surface area contributed by atoms with Crippen molar-refractivity contribution in [1.29, 1.82) is 0 Å². The first-order valence-corrected chi connectivity index (χ1v) is 8.89. The van der Waals surface area contributed by atoms with E-state index in [9.17, 15) is 5.11 Å². The van der Waals surface area contributed by atoms with Crippen LogP contribution < -0.4 is 4.74 Å². The standard InChI is InChI=1S/C19H32N2O3/c1-15(2)24-14-18(22)13-20-8-10-21(11-9-20)16(3)17-6-5-7-19(12-17)23-4/h5-7,12,15-16,18,22H,8-11,13-14H2,1-4H3. The zero-order valence-corrected chi connectivity index (χ0v) is 15.4. The fourth-order valence-corrected chi connectivity index (χ4v) is 3.10. The summed E-state index contributed by atoms with van der Waals surface area (Å²) in [6, 6.07) is 8.67. The lowest BCUT2D eigenvalue weighted by Crippen LogP contribution is -2.49. The van der Waals surface area contributed by atoms with Gasteiger partial charge in [-0.25, -0.2) is 0 Å². The predicted molar refractivity (Wildman–Crippen MR) is 96.5 cm³/mol. The second kappa shape index (κ2) is 9.37. The third-order valence-electron chi connectivity index (χ3n) is 4.62. The van der Waals surface area contributed by atoms with E-state index in [1.54, 1.807) is 7.11 Å². The van der Waals surface area contributed by atoms with E-state index < -0.39 is 6.10 Å². The number of methoxy groups -OCH3 is 1. The molecule has 0 radical (unpaired) electrons. The van der Waals surface area contributed by atoms with E-state index in [1.807, 2.05) is 26.0 Å². The van der Waals surface area contributed by atoms with Gasteiger partial charge in [0.05, 0.1) is 25.9 Å². The Hall–Kier alpha value is -1.14. The summed E-state index contributed by atoms with van der Waals surface area (Å²) in [7, 11) is 1.71. The Morgan fingerprint density at radius 3 is 2.46 bits per heavy atom. The van der Waals surface area contributed by atoms with Crippen molar-refractivity contribution in [3.8, 4) is 5.75 Å². The Labute approximate surface area is 146 Å². The van der Waals surface area contributed by atoms with Crippen LogP contribution in [0.5, 0.6) is 5.75 Å². The number of ether oxygens (including phenoxy) is 2. The van der Waals surface area contributed by atoms with E-state index >= 15 is 0 Å². The van der Waals surface area contributed by atoms with Crippen LogP contribution in [0.15, 0.2) is 24.3 Å². The Balaban J connectivity index is 1.79. The van der Waals surface area contributed by atoms with Crippen molar-refractivity contribution in [2.45, 2.75) is 39.0 Å². The van der Waals surface area contributed by atoms with Gasteiger partial charge >= 0.3 is 0 Å². The summed E-state index contributed by atoms with van der Waals surface area (Å²) in [4.78, 5) is 4.81. The van der Waals surface area contributed by atoms with E-state index in [0.717, 1.165) is 31.9 Å². The zero-order valence-electron chi connectivity index (χ0n) is 15.4. The van der Waals surface area contributed by atoms with Crippen molar-refractivity contribution in [3.05, 3.63) is 29.8 Å². The number of rotatable bonds is 8. The fourth-order valence-electron chi connectivity index (χ4n) is 3.10. The molecule has 0 saturated carbocycles. The number of aliphatic hydroxyl groups is 1. The van der Waals surface area contributed by atoms with Gasteiger partial charge < -0.3 is 14.6 Å². The summed E-state index contributed by atoms with van der Waals surface area (Å²) in [5.41, 5.74) is 1.29. The normalized spacial score (nSPS) is 19.4. The molecule has 2 unspecified atom stereocenters. The van der Waals surface area contributed by atoms with Gasteiger partial charge in [0.25, 0.3) is 0 Å². The van der Waals surface area contributed by atoms with Crippen LogP contribution in [-0.4, -0.2) is 73.6 Å². The maximum atomic E-state index is 10.1. The molecule has 1 N–H and O–H groups in total. The van der Waals surface area contributed by atoms with Gasteiger partial charge in [0.1, 0.15) is 5.75 Å². The smallest absolute Gasteiger partial charge is 0.119 e. The van der Waals surface area contributed by atoms with Crippen molar-refractivity contribution in [2.75, 3.05) is 46.4 Å². The Bertz CT molecular complexity index is 487. The molecule has 1 saturated heterocycles. The van der Waals surface area contributed by atoms with E-state index in [0.29, 0.717) is 19.2 Å². The molecule has 0 bridgehead atoms. The van der Waals surface area contributed by atoms with Crippen LogP contribution >= 0.6 is 0 Å². The number of nitrogens with zero attached hydrogens (tertiary/aromatic N) is 2. The molecule has 5 heteroatoms. The minimum atomic E-state index is -0.408. The van der Waals surface area contributed by atoms with E-state index in [2.05, 4.69) is 28.9 Å². The molecule has 1 aliphatic rings. The third-order valence-corrected chi connectivity index (χ3v) is 4.62. The molecule has 1 fully saturated rings. The largest absolute Gasteiger partial charge is 0.497 e. The van der Waals surface area contributed by atoms with Crippen LogP contribution in [-0.2, 0) is 4.74 Å². The number of piperazine rings is 1. The molecule has 2 atom stereocenters. The topological polar surface area (TPSA) is 45.2 Å². The van der Waals surface area contributed by atoms with Crippen LogP contribution in [0.25, 0.3) is 0 Å². The molecule has 1 heterocycles. The minimum absolute atomic E-state index is 0.167. The number of benzene rings is 1. The second-order valence-corrected chi connectivity index (χ2v) is 6.83. The molecular weight excluding hydrogens is 304 g/mol. The number of hydrogen-bond acceptors (Lipinski definition) is 5. The maximum Gasteiger partial charge on any atom is 0.119 e. The minimum Gasteiger partial charge on any atom is -0.497 e. The van der Waals surface area contributed by atoms with Crippen LogP contribution in [0.2, 0.25) is 0 Å². The van der Waals surface area contributed by atoms with Gasteiger partial charge in [-0.15, -0.1) is 0 Å². The van der Waals surface area contributed by atoms with Gasteiger partial charge in [-0.2, -0.15) is 0 Å². The van der Waals surface area contributed by atoms with Crippen LogP contribution in [0.4, 0.5) is 0 Å². The second-order valence-electron chi connectivity index (χ2n) is 6.83. The zero-order chi connectivity index (χ0) is 17.5. The molecule has 1 aromatic carbocycles. The first kappa shape index (κ1) is 19.2. The molecular formula is C19H32N2O3. The van der Waals surface area contributed by atoms with Crippen LogP contribution in [0, 0.1) is 0 Å². The number of β-amino-alcohol motifs (C(OH)–C–C–N with tert-alkyl or cyclic N) is 1. The molecule has 0 aromatic heterocycles. The first-order chi connectivity index (χ1) is 11.5. The highest BCUT2D eigenvalue weighted by Crippen LogP contribution is 2.24. The monoisotopic (exact) mass is 336 g/mol. The Kier molecular flexibility index (Phi) is 7.49. The van der Waals surface area contributed by atoms with Crippen molar-refractivity contribution < 1.29 is 14.6 Å². The summed E-state index contributed by atoms with van der Waals surface area (Å²) in [6.07, 6.45) is -0.241. The van der Waals surface area contributed by atoms with Crippen LogP contribution in [0.1, 0.15) is 32.4 Å². The molecule has 136 valence electrons. The fraction of sp³-hybridized carbons (Fsp3) is 0.684. The molecule has 0 amide bonds. The molecule has 0 spiro atoms. The van der Waals surface area contributed by atoms with Crippen molar-refractivity contribution >= 4 is 0 Å². The summed E-state index contributed by atoms with van der Waals surface area (Å²) >= 11 is 0. The summed E-state index contributed by atoms with van der Waals surface area (Å²) in [5.74, 6) is 0.909. The average molecular weight is 336 g/mol. The molecule has 24 heavy (non-hydrogen) atoms. The molecule has 2 rings (SSSR count).